The zero-order valence-electron chi connectivity index (χ0n) is 19.5. The number of hydrogen-bond acceptors (Lipinski definition) is 9. The average molecular weight is 520 g/mol. The number of pyridine rings is 1. The van der Waals surface area contributed by atoms with Gasteiger partial charge in [-0.2, -0.15) is 4.31 Å². The molecule has 2 saturated heterocycles. The third kappa shape index (κ3) is 5.82. The number of aliphatic hydroxyl groups is 1. The third-order valence-corrected chi connectivity index (χ3v) is 8.56. The van der Waals surface area contributed by atoms with E-state index in [0.29, 0.717) is 50.6 Å². The van der Waals surface area contributed by atoms with E-state index >= 15 is 0 Å². The van der Waals surface area contributed by atoms with Gasteiger partial charge < -0.3 is 30.1 Å². The van der Waals surface area contributed by atoms with Gasteiger partial charge in [0.1, 0.15) is 23.3 Å². The fraction of sp³-hybridized carbons (Fsp3) is 0.714. The zero-order chi connectivity index (χ0) is 25.2. The molecule has 3 aliphatic rings. The molecule has 3 N–H and O–H groups in total. The number of anilines is 1. The van der Waals surface area contributed by atoms with Crippen LogP contribution in [0.25, 0.3) is 0 Å². The summed E-state index contributed by atoms with van der Waals surface area (Å²) in [5.74, 6) is -0.441. The molecule has 0 saturated carbocycles. The molecule has 14 heteroatoms. The first-order valence-electron chi connectivity index (χ1n) is 11.5. The van der Waals surface area contributed by atoms with E-state index in [1.54, 1.807) is 6.07 Å². The number of piperidine rings is 1. The van der Waals surface area contributed by atoms with Gasteiger partial charge in [-0.25, -0.2) is 22.2 Å². The van der Waals surface area contributed by atoms with Gasteiger partial charge in [0.15, 0.2) is 0 Å². The van der Waals surface area contributed by atoms with Gasteiger partial charge in [0.2, 0.25) is 21.8 Å². The molecule has 35 heavy (non-hydrogen) atoms. The van der Waals surface area contributed by atoms with Crippen molar-refractivity contribution in [2.75, 3.05) is 57.9 Å². The molecule has 1 unspecified atom stereocenters. The van der Waals surface area contributed by atoms with E-state index in [0.717, 1.165) is 0 Å². The van der Waals surface area contributed by atoms with Crippen molar-refractivity contribution < 1.29 is 36.6 Å². The van der Waals surface area contributed by atoms with E-state index in [9.17, 15) is 27.1 Å². The van der Waals surface area contributed by atoms with Crippen LogP contribution in [-0.2, 0) is 19.6 Å². The average Bonchev–Trinajstić information content (AvgIpc) is 3.23. The maximum absolute atomic E-state index is 13.2. The molecule has 0 radical (unpaired) electrons. The standard InChI is InChI=1S/C21H31F2N5O6S/c1-27-6-7-33-20-16(27)8-15(10-26-20)35(31,32)28-4-2-21(3-5-28)9-14(13-34-21)24-11-17(29)19(30)25-12-18(22)23/h8,10,14,17-18,24,29H,2-7,9,11-13H2,1H3,(H,25,30)/t14-,17?/m1/s1. The topological polar surface area (TPSA) is 133 Å². The van der Waals surface area contributed by atoms with Crippen LogP contribution >= 0.6 is 0 Å². The first kappa shape index (κ1) is 25.9. The van der Waals surface area contributed by atoms with Crippen LogP contribution < -0.4 is 20.3 Å². The van der Waals surface area contributed by atoms with E-state index in [1.807, 2.05) is 17.3 Å². The number of likely N-dealkylation sites (N-methyl/N-ethyl adjacent to an activating group) is 1. The lowest BCUT2D eigenvalue weighted by molar-refractivity contribution is -0.129. The van der Waals surface area contributed by atoms with Crippen LogP contribution in [-0.4, -0.2) is 106 Å². The van der Waals surface area contributed by atoms with Gasteiger partial charge in [-0.05, 0) is 25.3 Å². The highest BCUT2D eigenvalue weighted by molar-refractivity contribution is 7.89. The highest BCUT2D eigenvalue weighted by atomic mass is 32.2. The number of aliphatic hydroxyl groups excluding tert-OH is 1. The van der Waals surface area contributed by atoms with Crippen molar-refractivity contribution in [3.8, 4) is 5.88 Å². The molecule has 3 aliphatic heterocycles. The second-order valence-corrected chi connectivity index (χ2v) is 11.1. The van der Waals surface area contributed by atoms with Crippen molar-refractivity contribution in [2.24, 2.45) is 0 Å². The van der Waals surface area contributed by atoms with Crippen molar-refractivity contribution >= 4 is 21.6 Å². The lowest BCUT2D eigenvalue weighted by Crippen LogP contribution is -2.47. The van der Waals surface area contributed by atoms with Crippen molar-refractivity contribution in [3.63, 3.8) is 0 Å². The number of ether oxygens (including phenoxy) is 2. The van der Waals surface area contributed by atoms with E-state index in [1.165, 1.54) is 10.5 Å². The first-order valence-corrected chi connectivity index (χ1v) is 13.0. The Morgan fingerprint density at radius 2 is 2.06 bits per heavy atom. The van der Waals surface area contributed by atoms with Crippen LogP contribution in [0.1, 0.15) is 19.3 Å². The lowest BCUT2D eigenvalue weighted by Gasteiger charge is -2.38. The Morgan fingerprint density at radius 3 is 2.77 bits per heavy atom. The van der Waals surface area contributed by atoms with Gasteiger partial charge in [0.05, 0.1) is 31.5 Å². The van der Waals surface area contributed by atoms with Crippen LogP contribution in [0.15, 0.2) is 17.2 Å². The molecule has 0 aliphatic carbocycles. The smallest absolute Gasteiger partial charge is 0.255 e. The van der Waals surface area contributed by atoms with Crippen molar-refractivity contribution in [1.29, 1.82) is 0 Å². The number of aromatic nitrogens is 1. The van der Waals surface area contributed by atoms with Crippen LogP contribution in [0.5, 0.6) is 5.88 Å². The van der Waals surface area contributed by atoms with E-state index in [4.69, 9.17) is 9.47 Å². The monoisotopic (exact) mass is 519 g/mol. The molecule has 1 spiro atoms. The molecule has 2 fully saturated rings. The number of fused-ring (bicyclic) bond motifs is 1. The predicted molar refractivity (Wildman–Crippen MR) is 121 cm³/mol. The van der Waals surface area contributed by atoms with Gasteiger partial charge in [-0.1, -0.05) is 0 Å². The maximum atomic E-state index is 13.2. The fourth-order valence-electron chi connectivity index (χ4n) is 4.62. The van der Waals surface area contributed by atoms with Crippen LogP contribution in [0, 0.1) is 0 Å². The second kappa shape index (κ2) is 10.5. The number of nitrogens with zero attached hydrogens (tertiary/aromatic N) is 3. The van der Waals surface area contributed by atoms with Crippen molar-refractivity contribution in [2.45, 2.75) is 48.3 Å². The first-order chi connectivity index (χ1) is 16.6. The molecule has 0 aromatic carbocycles. The summed E-state index contributed by atoms with van der Waals surface area (Å²) in [6.45, 7) is 1.17. The van der Waals surface area contributed by atoms with Gasteiger partial charge in [-0.15, -0.1) is 0 Å². The molecular formula is C21H31F2N5O6S. The molecule has 1 amide bonds. The summed E-state index contributed by atoms with van der Waals surface area (Å²) in [6, 6.07) is 1.45. The fourth-order valence-corrected chi connectivity index (χ4v) is 6.03. The summed E-state index contributed by atoms with van der Waals surface area (Å²) in [6.07, 6.45) is -1.21. The number of rotatable bonds is 8. The van der Waals surface area contributed by atoms with Gasteiger partial charge in [0.25, 0.3) is 6.43 Å². The summed E-state index contributed by atoms with van der Waals surface area (Å²) in [5.41, 5.74) is 0.151. The lowest BCUT2D eigenvalue weighted by atomic mass is 9.88. The number of alkyl halides is 2. The Morgan fingerprint density at radius 1 is 1.31 bits per heavy atom. The Kier molecular flexibility index (Phi) is 7.76. The van der Waals surface area contributed by atoms with Crippen LogP contribution in [0.2, 0.25) is 0 Å². The Bertz CT molecular complexity index is 1020. The SMILES string of the molecule is CN1CCOc2ncc(S(=O)(=O)N3CCC4(CC3)C[C@@H](NCC(O)C(=O)NCC(F)F)CO4)cc21. The Labute approximate surface area is 202 Å². The molecule has 196 valence electrons. The van der Waals surface area contributed by atoms with Crippen LogP contribution in [0.3, 0.4) is 0 Å². The molecule has 1 aromatic heterocycles. The molecule has 4 rings (SSSR count). The summed E-state index contributed by atoms with van der Waals surface area (Å²) < 4.78 is 63.8. The summed E-state index contributed by atoms with van der Waals surface area (Å²) in [4.78, 5) is 17.9. The highest BCUT2D eigenvalue weighted by Crippen LogP contribution is 2.38. The van der Waals surface area contributed by atoms with Gasteiger partial charge >= 0.3 is 0 Å². The van der Waals surface area contributed by atoms with Gasteiger partial charge in [0, 0.05) is 32.7 Å². The van der Waals surface area contributed by atoms with Crippen molar-refractivity contribution in [1.82, 2.24) is 19.9 Å². The van der Waals surface area contributed by atoms with E-state index in [-0.39, 0.29) is 30.6 Å². The third-order valence-electron chi connectivity index (χ3n) is 6.70. The van der Waals surface area contributed by atoms with Gasteiger partial charge in [-0.3, -0.25) is 4.79 Å². The normalized spacial score (nSPS) is 23.2. The minimum absolute atomic E-state index is 0.0941. The summed E-state index contributed by atoms with van der Waals surface area (Å²) in [7, 11) is -1.87. The summed E-state index contributed by atoms with van der Waals surface area (Å²) in [5, 5.41) is 14.9. The number of sulfonamides is 1. The number of hydrogen-bond donors (Lipinski definition) is 3. The maximum Gasteiger partial charge on any atom is 0.255 e. The minimum atomic E-state index is -3.73. The Balaban J connectivity index is 1.29. The predicted octanol–water partition coefficient (Wildman–Crippen LogP) is -0.446. The molecule has 11 nitrogen and oxygen atoms in total. The number of halogens is 2. The quantitative estimate of drug-likeness (QED) is 0.418. The largest absolute Gasteiger partial charge is 0.474 e. The number of carbonyl (C=O) groups excluding carboxylic acids is 1. The number of amides is 1. The Hall–Kier alpha value is -2.13. The highest BCUT2D eigenvalue weighted by Gasteiger charge is 2.45. The number of carbonyl (C=O) groups is 1. The zero-order valence-corrected chi connectivity index (χ0v) is 20.3. The molecule has 0 bridgehead atoms. The molecular weight excluding hydrogens is 488 g/mol. The molecule has 2 atom stereocenters. The van der Waals surface area contributed by atoms with E-state index < -0.39 is 40.6 Å². The second-order valence-electron chi connectivity index (χ2n) is 9.12. The van der Waals surface area contributed by atoms with Crippen LogP contribution in [0.4, 0.5) is 14.5 Å². The minimum Gasteiger partial charge on any atom is -0.474 e. The number of nitrogens with one attached hydrogen (secondary N) is 2. The molecule has 4 heterocycles. The summed E-state index contributed by atoms with van der Waals surface area (Å²) >= 11 is 0. The van der Waals surface area contributed by atoms with E-state index in [2.05, 4.69) is 10.3 Å². The van der Waals surface area contributed by atoms with Crippen molar-refractivity contribution in [3.05, 3.63) is 12.3 Å². The molecule has 1 aromatic rings.